The summed E-state index contributed by atoms with van der Waals surface area (Å²) in [6.45, 7) is 4.38. The standard InChI is InChI=1S/C24H31N3O3/c1-3-30-22-15-13-21(14-16-22)27-24(29)18-9-11-20(12-10-18)25-17(2)23(28)26-19-7-5-4-6-8-19/h9-17,19,25H,3-8H2,1-2H3,(H,26,28)(H,27,29)/t17-/m0/s1. The Morgan fingerprint density at radius 3 is 2.23 bits per heavy atom. The lowest BCUT2D eigenvalue weighted by atomic mass is 9.95. The summed E-state index contributed by atoms with van der Waals surface area (Å²) in [5.41, 5.74) is 2.06. The summed E-state index contributed by atoms with van der Waals surface area (Å²) in [5.74, 6) is 0.598. The van der Waals surface area contributed by atoms with Crippen molar-refractivity contribution >= 4 is 23.2 Å². The van der Waals surface area contributed by atoms with E-state index in [9.17, 15) is 9.59 Å². The second kappa shape index (κ2) is 10.7. The molecule has 0 bridgehead atoms. The zero-order valence-electron chi connectivity index (χ0n) is 17.7. The number of benzene rings is 2. The van der Waals surface area contributed by atoms with Crippen molar-refractivity contribution in [3.8, 4) is 5.75 Å². The number of anilines is 2. The third-order valence-corrected chi connectivity index (χ3v) is 5.30. The van der Waals surface area contributed by atoms with Crippen molar-refractivity contribution in [2.45, 2.75) is 58.0 Å². The molecule has 3 N–H and O–H groups in total. The van der Waals surface area contributed by atoms with Gasteiger partial charge >= 0.3 is 0 Å². The van der Waals surface area contributed by atoms with Crippen LogP contribution in [0.2, 0.25) is 0 Å². The highest BCUT2D eigenvalue weighted by Crippen LogP contribution is 2.19. The van der Waals surface area contributed by atoms with Crippen LogP contribution >= 0.6 is 0 Å². The van der Waals surface area contributed by atoms with Crippen LogP contribution in [0, 0.1) is 0 Å². The van der Waals surface area contributed by atoms with Gasteiger partial charge in [0.15, 0.2) is 0 Å². The van der Waals surface area contributed by atoms with E-state index in [1.807, 2.05) is 50.2 Å². The average Bonchev–Trinajstić information content (AvgIpc) is 2.76. The van der Waals surface area contributed by atoms with E-state index >= 15 is 0 Å². The molecular weight excluding hydrogens is 378 g/mol. The van der Waals surface area contributed by atoms with E-state index in [2.05, 4.69) is 16.0 Å². The van der Waals surface area contributed by atoms with Crippen molar-refractivity contribution in [3.63, 3.8) is 0 Å². The van der Waals surface area contributed by atoms with Gasteiger partial charge in [0.1, 0.15) is 11.8 Å². The number of hydrogen-bond donors (Lipinski definition) is 3. The highest BCUT2D eigenvalue weighted by molar-refractivity contribution is 6.04. The molecule has 1 aliphatic rings. The lowest BCUT2D eigenvalue weighted by molar-refractivity contribution is -0.122. The Bertz CT molecular complexity index is 828. The maximum atomic E-state index is 12.5. The van der Waals surface area contributed by atoms with E-state index in [1.54, 1.807) is 12.1 Å². The van der Waals surface area contributed by atoms with Gasteiger partial charge in [0.2, 0.25) is 5.91 Å². The van der Waals surface area contributed by atoms with Crippen molar-refractivity contribution in [2.75, 3.05) is 17.2 Å². The van der Waals surface area contributed by atoms with Crippen molar-refractivity contribution in [1.29, 1.82) is 0 Å². The zero-order valence-corrected chi connectivity index (χ0v) is 17.7. The Balaban J connectivity index is 1.50. The summed E-state index contributed by atoms with van der Waals surface area (Å²) in [6.07, 6.45) is 5.77. The third kappa shape index (κ3) is 6.24. The fourth-order valence-electron chi connectivity index (χ4n) is 3.61. The van der Waals surface area contributed by atoms with Gasteiger partial charge in [0.05, 0.1) is 6.61 Å². The van der Waals surface area contributed by atoms with Gasteiger partial charge in [-0.05, 0) is 75.2 Å². The highest BCUT2D eigenvalue weighted by Gasteiger charge is 2.19. The van der Waals surface area contributed by atoms with Crippen LogP contribution in [0.4, 0.5) is 11.4 Å². The molecule has 0 spiro atoms. The summed E-state index contributed by atoms with van der Waals surface area (Å²) >= 11 is 0. The Hall–Kier alpha value is -3.02. The molecular formula is C24H31N3O3. The van der Waals surface area contributed by atoms with Gasteiger partial charge in [-0.25, -0.2) is 0 Å². The van der Waals surface area contributed by atoms with Gasteiger partial charge in [-0.1, -0.05) is 19.3 Å². The summed E-state index contributed by atoms with van der Waals surface area (Å²) in [4.78, 5) is 24.9. The van der Waals surface area contributed by atoms with Crippen molar-refractivity contribution in [2.24, 2.45) is 0 Å². The smallest absolute Gasteiger partial charge is 0.255 e. The first-order valence-corrected chi connectivity index (χ1v) is 10.8. The molecule has 160 valence electrons. The van der Waals surface area contributed by atoms with E-state index in [0.29, 0.717) is 23.9 Å². The van der Waals surface area contributed by atoms with Gasteiger partial charge in [0.25, 0.3) is 5.91 Å². The molecule has 0 saturated heterocycles. The maximum absolute atomic E-state index is 12.5. The lowest BCUT2D eigenvalue weighted by Crippen LogP contribution is -2.44. The fourth-order valence-corrected chi connectivity index (χ4v) is 3.61. The topological polar surface area (TPSA) is 79.5 Å². The first-order chi connectivity index (χ1) is 14.5. The summed E-state index contributed by atoms with van der Waals surface area (Å²) < 4.78 is 5.41. The molecule has 1 saturated carbocycles. The Kier molecular flexibility index (Phi) is 7.71. The molecule has 0 aromatic heterocycles. The highest BCUT2D eigenvalue weighted by atomic mass is 16.5. The van der Waals surface area contributed by atoms with Crippen molar-refractivity contribution in [1.82, 2.24) is 5.32 Å². The monoisotopic (exact) mass is 409 g/mol. The summed E-state index contributed by atoms with van der Waals surface area (Å²) in [5, 5.41) is 9.21. The van der Waals surface area contributed by atoms with Crippen molar-refractivity contribution in [3.05, 3.63) is 54.1 Å². The van der Waals surface area contributed by atoms with Crippen LogP contribution in [0.3, 0.4) is 0 Å². The molecule has 30 heavy (non-hydrogen) atoms. The number of carbonyl (C=O) groups is 2. The summed E-state index contributed by atoms with van der Waals surface area (Å²) in [7, 11) is 0. The first kappa shape index (κ1) is 21.7. The predicted octanol–water partition coefficient (Wildman–Crippen LogP) is 4.59. The molecule has 1 atom stereocenters. The molecule has 6 heteroatoms. The molecule has 6 nitrogen and oxygen atoms in total. The number of rotatable bonds is 8. The van der Waals surface area contributed by atoms with Crippen LogP contribution in [0.15, 0.2) is 48.5 Å². The maximum Gasteiger partial charge on any atom is 0.255 e. The van der Waals surface area contributed by atoms with Gasteiger partial charge in [-0.3, -0.25) is 9.59 Å². The molecule has 0 aliphatic heterocycles. The van der Waals surface area contributed by atoms with E-state index < -0.39 is 0 Å². The number of nitrogens with one attached hydrogen (secondary N) is 3. The molecule has 2 amide bonds. The molecule has 2 aromatic rings. The largest absolute Gasteiger partial charge is 0.494 e. The van der Waals surface area contributed by atoms with Crippen LogP contribution in [-0.2, 0) is 4.79 Å². The molecule has 0 radical (unpaired) electrons. The van der Waals surface area contributed by atoms with Gasteiger partial charge in [0, 0.05) is 23.0 Å². The first-order valence-electron chi connectivity index (χ1n) is 10.8. The molecule has 0 heterocycles. The van der Waals surface area contributed by atoms with Crippen LogP contribution < -0.4 is 20.7 Å². The Morgan fingerprint density at radius 2 is 1.60 bits per heavy atom. The molecule has 0 unspecified atom stereocenters. The van der Waals surface area contributed by atoms with E-state index in [-0.39, 0.29) is 17.9 Å². The van der Waals surface area contributed by atoms with Gasteiger partial charge in [-0.2, -0.15) is 0 Å². The minimum absolute atomic E-state index is 0.0132. The number of hydrogen-bond acceptors (Lipinski definition) is 4. The average molecular weight is 410 g/mol. The van der Waals surface area contributed by atoms with Crippen LogP contribution in [-0.4, -0.2) is 30.5 Å². The van der Waals surface area contributed by atoms with Gasteiger partial charge in [-0.15, -0.1) is 0 Å². The summed E-state index contributed by atoms with van der Waals surface area (Å²) in [6, 6.07) is 14.4. The lowest BCUT2D eigenvalue weighted by Gasteiger charge is -2.25. The number of ether oxygens (including phenoxy) is 1. The number of carbonyl (C=O) groups excluding carboxylic acids is 2. The third-order valence-electron chi connectivity index (χ3n) is 5.30. The quantitative estimate of drug-likeness (QED) is 0.596. The van der Waals surface area contributed by atoms with E-state index in [4.69, 9.17) is 4.74 Å². The van der Waals surface area contributed by atoms with E-state index in [0.717, 1.165) is 24.3 Å². The SMILES string of the molecule is CCOc1ccc(NC(=O)c2ccc(N[C@@H](C)C(=O)NC3CCCCC3)cc2)cc1. The number of amides is 2. The van der Waals surface area contributed by atoms with Crippen LogP contribution in [0.5, 0.6) is 5.75 Å². The predicted molar refractivity (Wildman–Crippen MR) is 120 cm³/mol. The Morgan fingerprint density at radius 1 is 0.967 bits per heavy atom. The van der Waals surface area contributed by atoms with Crippen LogP contribution in [0.25, 0.3) is 0 Å². The molecule has 1 fully saturated rings. The van der Waals surface area contributed by atoms with E-state index in [1.165, 1.54) is 19.3 Å². The van der Waals surface area contributed by atoms with Crippen LogP contribution in [0.1, 0.15) is 56.3 Å². The second-order valence-electron chi connectivity index (χ2n) is 7.70. The van der Waals surface area contributed by atoms with Gasteiger partial charge < -0.3 is 20.7 Å². The Labute approximate surface area is 178 Å². The zero-order chi connectivity index (χ0) is 21.3. The second-order valence-corrected chi connectivity index (χ2v) is 7.70. The molecule has 1 aliphatic carbocycles. The molecule has 2 aromatic carbocycles. The fraction of sp³-hybridized carbons (Fsp3) is 0.417. The normalized spacial score (nSPS) is 15.1. The molecule has 3 rings (SSSR count). The minimum atomic E-state index is -0.338. The minimum Gasteiger partial charge on any atom is -0.494 e. The van der Waals surface area contributed by atoms with Crippen molar-refractivity contribution < 1.29 is 14.3 Å².